The fourth-order valence-electron chi connectivity index (χ4n) is 8.46. The number of nitrogens with zero attached hydrogens (tertiary/aromatic N) is 1. The van der Waals surface area contributed by atoms with Crippen molar-refractivity contribution in [1.82, 2.24) is 0 Å². The zero-order valence-corrected chi connectivity index (χ0v) is 50.1. The lowest BCUT2D eigenvalue weighted by Crippen LogP contribution is -2.37. The van der Waals surface area contributed by atoms with Crippen LogP contribution in [0.4, 0.5) is 0 Å². The van der Waals surface area contributed by atoms with Gasteiger partial charge in [-0.05, 0) is 70.6 Å². The van der Waals surface area contributed by atoms with E-state index in [0.717, 1.165) is 89.9 Å². The highest BCUT2D eigenvalue weighted by Crippen LogP contribution is 2.38. The van der Waals surface area contributed by atoms with Crippen LogP contribution in [0.15, 0.2) is 85.1 Å². The van der Waals surface area contributed by atoms with Crippen molar-refractivity contribution in [3.8, 4) is 0 Å². The molecule has 0 aliphatic carbocycles. The smallest absolute Gasteiger partial charge is 0.306 e. The summed E-state index contributed by atoms with van der Waals surface area (Å²) in [4.78, 5) is 37.9. The number of allylic oxidation sites excluding steroid dienone is 14. The van der Waals surface area contributed by atoms with E-state index in [4.69, 9.17) is 18.5 Å². The number of carbonyl (C=O) groups excluding carboxylic acids is 2. The van der Waals surface area contributed by atoms with E-state index in [-0.39, 0.29) is 32.0 Å². The fraction of sp³-hybridized carbons (Fsp3) is 0.754. The number of rotatable bonds is 56. The molecule has 0 saturated carbocycles. The van der Waals surface area contributed by atoms with Crippen molar-refractivity contribution < 1.29 is 42.1 Å². The van der Waals surface area contributed by atoms with Crippen molar-refractivity contribution in [3.05, 3.63) is 85.1 Å². The van der Waals surface area contributed by atoms with E-state index < -0.39 is 26.5 Å². The number of hydrogen-bond acceptors (Lipinski definition) is 8. The number of ether oxygens (including phenoxy) is 2. The first-order valence-electron chi connectivity index (χ1n) is 30.8. The Kier molecular flexibility index (Phi) is 53.8. The van der Waals surface area contributed by atoms with Crippen molar-refractivity contribution in [1.29, 1.82) is 0 Å². The van der Waals surface area contributed by atoms with Gasteiger partial charge in [0.25, 0.3) is 7.82 Å². The van der Waals surface area contributed by atoms with Gasteiger partial charge in [-0.25, -0.2) is 0 Å². The second-order valence-electron chi connectivity index (χ2n) is 21.7. The van der Waals surface area contributed by atoms with Crippen LogP contribution >= 0.6 is 7.82 Å². The largest absolute Gasteiger partial charge is 0.756 e. The number of esters is 2. The zero-order chi connectivity index (χ0) is 54.9. The Morgan fingerprint density at radius 3 is 1.13 bits per heavy atom. The molecule has 10 heteroatoms. The monoisotopic (exact) mass is 1070 g/mol. The molecular weight excluding hydrogens is 954 g/mol. The quantitative estimate of drug-likeness (QED) is 0.0195. The van der Waals surface area contributed by atoms with E-state index in [1.807, 2.05) is 21.1 Å². The summed E-state index contributed by atoms with van der Waals surface area (Å²) >= 11 is 0. The van der Waals surface area contributed by atoms with Gasteiger partial charge in [-0.15, -0.1) is 0 Å². The fourth-order valence-corrected chi connectivity index (χ4v) is 9.19. The average Bonchev–Trinajstić information content (AvgIpc) is 3.37. The number of unbranched alkanes of at least 4 members (excludes halogenated alkanes) is 28. The lowest BCUT2D eigenvalue weighted by atomic mass is 10.0. The van der Waals surface area contributed by atoms with Gasteiger partial charge in [-0.1, -0.05) is 266 Å². The SMILES string of the molecule is CC/C=C\C/C=C\C/C=C\C/C=C\C/C=C\C/C=C\C/C=C\CCCCCCCCCCCCCC(=O)OC(COC(=O)CCCCCCCCCCCCCCCCCCCC)COP(=O)([O-])OCC[N+](C)(C)C. The summed E-state index contributed by atoms with van der Waals surface area (Å²) in [6, 6.07) is 0. The van der Waals surface area contributed by atoms with E-state index >= 15 is 0 Å². The molecule has 9 nitrogen and oxygen atoms in total. The lowest BCUT2D eigenvalue weighted by Gasteiger charge is -2.28. The molecule has 434 valence electrons. The lowest BCUT2D eigenvalue weighted by molar-refractivity contribution is -0.870. The first kappa shape index (κ1) is 72.2. The average molecular weight is 1070 g/mol. The molecule has 0 fully saturated rings. The first-order chi connectivity index (χ1) is 36.5. The molecular formula is C65H116NO8P. The molecule has 0 aliphatic rings. The van der Waals surface area contributed by atoms with Crippen molar-refractivity contribution in [2.45, 2.75) is 270 Å². The molecule has 0 aliphatic heterocycles. The number of hydrogen-bond donors (Lipinski definition) is 0. The van der Waals surface area contributed by atoms with Crippen LogP contribution in [0.1, 0.15) is 264 Å². The van der Waals surface area contributed by atoms with Crippen LogP contribution in [0.2, 0.25) is 0 Å². The Morgan fingerprint density at radius 2 is 0.760 bits per heavy atom. The van der Waals surface area contributed by atoms with Gasteiger partial charge in [0.15, 0.2) is 6.10 Å². The molecule has 0 rings (SSSR count). The summed E-state index contributed by atoms with van der Waals surface area (Å²) < 4.78 is 34.2. The van der Waals surface area contributed by atoms with Crippen LogP contribution in [-0.2, 0) is 32.7 Å². The third kappa shape index (κ3) is 60.3. The molecule has 0 heterocycles. The van der Waals surface area contributed by atoms with Gasteiger partial charge in [-0.2, -0.15) is 0 Å². The molecule has 0 N–H and O–H groups in total. The zero-order valence-electron chi connectivity index (χ0n) is 49.2. The summed E-state index contributed by atoms with van der Waals surface area (Å²) in [7, 11) is 1.17. The Balaban J connectivity index is 4.11. The molecule has 0 radical (unpaired) electrons. The predicted molar refractivity (Wildman–Crippen MR) is 319 cm³/mol. The van der Waals surface area contributed by atoms with Gasteiger partial charge in [0, 0.05) is 12.8 Å². The number of likely N-dealkylation sites (N-methyl/N-ethyl adjacent to an activating group) is 1. The maximum absolute atomic E-state index is 12.8. The van der Waals surface area contributed by atoms with E-state index in [1.54, 1.807) is 0 Å². The van der Waals surface area contributed by atoms with Gasteiger partial charge < -0.3 is 27.9 Å². The summed E-state index contributed by atoms with van der Waals surface area (Å²) in [6.07, 6.45) is 74.9. The Morgan fingerprint density at radius 1 is 0.427 bits per heavy atom. The summed E-state index contributed by atoms with van der Waals surface area (Å²) in [5.74, 6) is -0.830. The van der Waals surface area contributed by atoms with Crippen LogP contribution in [0.3, 0.4) is 0 Å². The molecule has 2 unspecified atom stereocenters. The number of quaternary nitrogens is 1. The van der Waals surface area contributed by atoms with Crippen molar-refractivity contribution in [2.75, 3.05) is 47.5 Å². The Hall–Kier alpha value is -2.81. The van der Waals surface area contributed by atoms with Crippen LogP contribution in [0, 0.1) is 0 Å². The molecule has 0 aromatic heterocycles. The molecule has 2 atom stereocenters. The maximum Gasteiger partial charge on any atom is 0.306 e. The molecule has 0 bridgehead atoms. The van der Waals surface area contributed by atoms with Gasteiger partial charge >= 0.3 is 11.9 Å². The highest BCUT2D eigenvalue weighted by Gasteiger charge is 2.22. The summed E-state index contributed by atoms with van der Waals surface area (Å²) in [5, 5.41) is 0. The van der Waals surface area contributed by atoms with E-state index in [1.165, 1.54) is 141 Å². The van der Waals surface area contributed by atoms with E-state index in [2.05, 4.69) is 98.9 Å². The topological polar surface area (TPSA) is 111 Å². The van der Waals surface area contributed by atoms with E-state index in [0.29, 0.717) is 17.4 Å². The third-order valence-corrected chi connectivity index (χ3v) is 14.1. The van der Waals surface area contributed by atoms with Gasteiger partial charge in [0.2, 0.25) is 0 Å². The van der Waals surface area contributed by atoms with Crippen LogP contribution in [0.25, 0.3) is 0 Å². The van der Waals surface area contributed by atoms with Crippen LogP contribution in [0.5, 0.6) is 0 Å². The third-order valence-electron chi connectivity index (χ3n) is 13.2. The first-order valence-corrected chi connectivity index (χ1v) is 32.3. The maximum atomic E-state index is 12.8. The van der Waals surface area contributed by atoms with Crippen molar-refractivity contribution in [3.63, 3.8) is 0 Å². The molecule has 0 spiro atoms. The van der Waals surface area contributed by atoms with Crippen molar-refractivity contribution in [2.24, 2.45) is 0 Å². The van der Waals surface area contributed by atoms with Crippen LogP contribution in [-0.4, -0.2) is 70.0 Å². The Labute approximate surface area is 462 Å². The minimum atomic E-state index is -4.64. The second-order valence-corrected chi connectivity index (χ2v) is 23.1. The molecule has 0 aromatic carbocycles. The Bertz CT molecular complexity index is 1540. The number of carbonyl (C=O) groups is 2. The van der Waals surface area contributed by atoms with E-state index in [9.17, 15) is 19.0 Å². The minimum Gasteiger partial charge on any atom is -0.756 e. The van der Waals surface area contributed by atoms with Gasteiger partial charge in [0.05, 0.1) is 27.7 Å². The van der Waals surface area contributed by atoms with Crippen LogP contribution < -0.4 is 4.89 Å². The predicted octanol–water partition coefficient (Wildman–Crippen LogP) is 18.8. The highest BCUT2D eigenvalue weighted by atomic mass is 31.2. The van der Waals surface area contributed by atoms with Crippen molar-refractivity contribution >= 4 is 19.8 Å². The second kappa shape index (κ2) is 55.9. The van der Waals surface area contributed by atoms with Gasteiger partial charge in [-0.3, -0.25) is 14.2 Å². The highest BCUT2D eigenvalue weighted by molar-refractivity contribution is 7.45. The minimum absolute atomic E-state index is 0.0329. The molecule has 0 saturated heterocycles. The number of phosphoric ester groups is 1. The summed E-state index contributed by atoms with van der Waals surface area (Å²) in [6.45, 7) is 4.15. The molecule has 75 heavy (non-hydrogen) atoms. The molecule has 0 amide bonds. The molecule has 0 aromatic rings. The normalized spacial score (nSPS) is 13.8. The number of phosphoric acid groups is 1. The van der Waals surface area contributed by atoms with Gasteiger partial charge in [0.1, 0.15) is 19.8 Å². The summed E-state index contributed by atoms with van der Waals surface area (Å²) in [5.41, 5.74) is 0. The standard InChI is InChI=1S/C65H116NO8P/c1-6-8-10-12-14-16-18-20-22-24-26-27-28-29-30-31-32-33-34-35-36-37-38-39-40-42-44-46-48-50-52-54-56-58-65(68)74-63(62-73-75(69,70)72-60-59-66(3,4)5)61-71-64(67)57-55-53-51-49-47-45-43-41-25-23-21-19-17-15-13-11-9-7-2/h8,10,14,16,20,22,26-27,29-30,32-33,35-36,63H,6-7,9,11-13,15,17-19,21,23-25,28,31,34,37-62H2,1-5H3/b10-8-,16-14-,22-20-,27-26-,30-29-,33-32-,36-35-.